The Morgan fingerprint density at radius 1 is 1.15 bits per heavy atom. The Bertz CT molecular complexity index is 567. The summed E-state index contributed by atoms with van der Waals surface area (Å²) in [5.74, 6) is 1.78. The molecule has 20 heavy (non-hydrogen) atoms. The van der Waals surface area contributed by atoms with E-state index in [0.29, 0.717) is 0 Å². The van der Waals surface area contributed by atoms with Crippen molar-refractivity contribution in [2.45, 2.75) is 33.7 Å². The molecule has 0 saturated heterocycles. The Hall–Kier alpha value is -1.87. The van der Waals surface area contributed by atoms with E-state index in [4.69, 9.17) is 4.74 Å². The van der Waals surface area contributed by atoms with Gasteiger partial charge < -0.3 is 10.1 Å². The van der Waals surface area contributed by atoms with Crippen LogP contribution in [0.5, 0.6) is 11.5 Å². The van der Waals surface area contributed by atoms with Crippen LogP contribution in [0.4, 0.5) is 0 Å². The van der Waals surface area contributed by atoms with Crippen LogP contribution in [0, 0.1) is 13.8 Å². The number of rotatable bonds is 6. The van der Waals surface area contributed by atoms with Gasteiger partial charge in [0.1, 0.15) is 11.5 Å². The molecule has 2 rings (SSSR count). The molecule has 1 heterocycles. The van der Waals surface area contributed by atoms with E-state index in [0.717, 1.165) is 36.6 Å². The van der Waals surface area contributed by atoms with Gasteiger partial charge in [-0.05, 0) is 50.1 Å². The lowest BCUT2D eigenvalue weighted by Gasteiger charge is -2.14. The summed E-state index contributed by atoms with van der Waals surface area (Å²) < 4.78 is 6.07. The molecular weight excluding hydrogens is 248 g/mol. The van der Waals surface area contributed by atoms with Crippen LogP contribution in [0.3, 0.4) is 0 Å². The van der Waals surface area contributed by atoms with E-state index >= 15 is 0 Å². The van der Waals surface area contributed by atoms with Gasteiger partial charge in [-0.3, -0.25) is 4.98 Å². The Kier molecular flexibility index (Phi) is 5.13. The zero-order valence-corrected chi connectivity index (χ0v) is 12.4. The lowest BCUT2D eigenvalue weighted by atomic mass is 10.1. The van der Waals surface area contributed by atoms with Crippen molar-refractivity contribution in [1.29, 1.82) is 0 Å². The van der Waals surface area contributed by atoms with E-state index in [1.807, 2.05) is 24.4 Å². The second-order valence-corrected chi connectivity index (χ2v) is 4.96. The number of aryl methyl sites for hydroxylation is 1. The van der Waals surface area contributed by atoms with Crippen LogP contribution in [0.25, 0.3) is 0 Å². The monoisotopic (exact) mass is 270 g/mol. The van der Waals surface area contributed by atoms with Crippen molar-refractivity contribution >= 4 is 0 Å². The molecule has 1 N–H and O–H groups in total. The summed E-state index contributed by atoms with van der Waals surface area (Å²) in [5.41, 5.74) is 3.50. The summed E-state index contributed by atoms with van der Waals surface area (Å²) in [6.45, 7) is 8.11. The van der Waals surface area contributed by atoms with Gasteiger partial charge in [0, 0.05) is 24.5 Å². The number of pyridine rings is 1. The third kappa shape index (κ3) is 3.58. The zero-order valence-electron chi connectivity index (χ0n) is 12.4. The van der Waals surface area contributed by atoms with Gasteiger partial charge in [-0.15, -0.1) is 0 Å². The molecule has 0 amide bonds. The predicted molar refractivity (Wildman–Crippen MR) is 82.2 cm³/mol. The largest absolute Gasteiger partial charge is 0.457 e. The fourth-order valence-corrected chi connectivity index (χ4v) is 2.00. The average Bonchev–Trinajstić information content (AvgIpc) is 2.46. The molecule has 106 valence electrons. The molecule has 0 fully saturated rings. The first kappa shape index (κ1) is 14.5. The molecule has 0 aliphatic carbocycles. The summed E-state index contributed by atoms with van der Waals surface area (Å²) >= 11 is 0. The smallest absolute Gasteiger partial charge is 0.135 e. The van der Waals surface area contributed by atoms with E-state index in [1.54, 1.807) is 6.20 Å². The molecule has 0 aliphatic rings. The second kappa shape index (κ2) is 7.06. The van der Waals surface area contributed by atoms with Crippen molar-refractivity contribution in [2.75, 3.05) is 6.54 Å². The molecule has 2 aromatic rings. The van der Waals surface area contributed by atoms with Gasteiger partial charge in [0.05, 0.1) is 0 Å². The van der Waals surface area contributed by atoms with Crippen molar-refractivity contribution in [3.8, 4) is 11.5 Å². The normalized spacial score (nSPS) is 10.6. The van der Waals surface area contributed by atoms with Crippen molar-refractivity contribution in [3.63, 3.8) is 0 Å². The highest BCUT2D eigenvalue weighted by Gasteiger charge is 2.07. The fourth-order valence-electron chi connectivity index (χ4n) is 2.00. The number of ether oxygens (including phenoxy) is 1. The number of hydrogen-bond acceptors (Lipinski definition) is 3. The van der Waals surface area contributed by atoms with Crippen LogP contribution in [0.2, 0.25) is 0 Å². The number of nitrogens with one attached hydrogen (secondary N) is 1. The minimum atomic E-state index is 0.780. The van der Waals surface area contributed by atoms with Crippen LogP contribution in [-0.2, 0) is 6.54 Å². The molecule has 1 aromatic heterocycles. The molecule has 1 aromatic carbocycles. The standard InChI is InChI=1S/C17H22N2O/c1-4-9-18-11-15-12-19-10-8-17(15)20-16-7-5-6-13(2)14(16)3/h5-8,10,12,18H,4,9,11H2,1-3H3. The van der Waals surface area contributed by atoms with Crippen LogP contribution >= 0.6 is 0 Å². The van der Waals surface area contributed by atoms with E-state index < -0.39 is 0 Å². The topological polar surface area (TPSA) is 34.2 Å². The van der Waals surface area contributed by atoms with Gasteiger partial charge >= 0.3 is 0 Å². The maximum atomic E-state index is 6.07. The number of nitrogens with zero attached hydrogens (tertiary/aromatic N) is 1. The Labute approximate surface area is 121 Å². The van der Waals surface area contributed by atoms with Crippen LogP contribution in [-0.4, -0.2) is 11.5 Å². The molecule has 0 saturated carbocycles. The first-order chi connectivity index (χ1) is 9.72. The predicted octanol–water partition coefficient (Wildman–Crippen LogP) is 3.99. The first-order valence-electron chi connectivity index (χ1n) is 7.10. The molecule has 0 aliphatic heterocycles. The Morgan fingerprint density at radius 3 is 2.80 bits per heavy atom. The van der Waals surface area contributed by atoms with E-state index in [1.165, 1.54) is 11.1 Å². The van der Waals surface area contributed by atoms with Gasteiger partial charge in [0.2, 0.25) is 0 Å². The molecular formula is C17H22N2O. The SMILES string of the molecule is CCCNCc1cnccc1Oc1cccc(C)c1C. The van der Waals surface area contributed by atoms with E-state index in [9.17, 15) is 0 Å². The molecule has 3 nitrogen and oxygen atoms in total. The third-order valence-electron chi connectivity index (χ3n) is 3.38. The fraction of sp³-hybridized carbons (Fsp3) is 0.353. The van der Waals surface area contributed by atoms with E-state index in [-0.39, 0.29) is 0 Å². The van der Waals surface area contributed by atoms with Crippen LogP contribution in [0.15, 0.2) is 36.7 Å². The second-order valence-electron chi connectivity index (χ2n) is 4.96. The summed E-state index contributed by atoms with van der Waals surface area (Å²) in [4.78, 5) is 4.19. The summed E-state index contributed by atoms with van der Waals surface area (Å²) in [6.07, 6.45) is 4.75. The lowest BCUT2D eigenvalue weighted by Crippen LogP contribution is -2.14. The first-order valence-corrected chi connectivity index (χ1v) is 7.10. The minimum Gasteiger partial charge on any atom is -0.457 e. The summed E-state index contributed by atoms with van der Waals surface area (Å²) in [6, 6.07) is 8.04. The molecule has 0 atom stereocenters. The molecule has 3 heteroatoms. The molecule has 0 unspecified atom stereocenters. The quantitative estimate of drug-likeness (QED) is 0.806. The number of hydrogen-bond donors (Lipinski definition) is 1. The maximum Gasteiger partial charge on any atom is 0.135 e. The molecule has 0 radical (unpaired) electrons. The highest BCUT2D eigenvalue weighted by Crippen LogP contribution is 2.28. The van der Waals surface area contributed by atoms with Crippen molar-refractivity contribution in [2.24, 2.45) is 0 Å². The van der Waals surface area contributed by atoms with Gasteiger partial charge in [-0.25, -0.2) is 0 Å². The zero-order chi connectivity index (χ0) is 14.4. The lowest BCUT2D eigenvalue weighted by molar-refractivity contribution is 0.467. The summed E-state index contributed by atoms with van der Waals surface area (Å²) in [7, 11) is 0. The molecule has 0 spiro atoms. The maximum absolute atomic E-state index is 6.07. The van der Waals surface area contributed by atoms with Gasteiger partial charge in [0.25, 0.3) is 0 Å². The Balaban J connectivity index is 2.18. The highest BCUT2D eigenvalue weighted by atomic mass is 16.5. The van der Waals surface area contributed by atoms with Gasteiger partial charge in [-0.1, -0.05) is 19.1 Å². The number of aromatic nitrogens is 1. The van der Waals surface area contributed by atoms with Crippen molar-refractivity contribution in [3.05, 3.63) is 53.3 Å². The van der Waals surface area contributed by atoms with Crippen LogP contribution < -0.4 is 10.1 Å². The highest BCUT2D eigenvalue weighted by molar-refractivity contribution is 5.42. The minimum absolute atomic E-state index is 0.780. The molecule has 0 bridgehead atoms. The third-order valence-corrected chi connectivity index (χ3v) is 3.38. The van der Waals surface area contributed by atoms with Crippen LogP contribution in [0.1, 0.15) is 30.0 Å². The van der Waals surface area contributed by atoms with Gasteiger partial charge in [-0.2, -0.15) is 0 Å². The van der Waals surface area contributed by atoms with E-state index in [2.05, 4.69) is 37.1 Å². The number of benzene rings is 1. The van der Waals surface area contributed by atoms with Crippen molar-refractivity contribution < 1.29 is 4.74 Å². The Morgan fingerprint density at radius 2 is 2.00 bits per heavy atom. The van der Waals surface area contributed by atoms with Gasteiger partial charge in [0.15, 0.2) is 0 Å². The van der Waals surface area contributed by atoms with Crippen molar-refractivity contribution in [1.82, 2.24) is 10.3 Å². The summed E-state index contributed by atoms with van der Waals surface area (Å²) in [5, 5.41) is 3.38. The average molecular weight is 270 g/mol.